The number of ketones is 1. The minimum atomic E-state index is 0.150. The van der Waals surface area contributed by atoms with Crippen LogP contribution >= 0.6 is 0 Å². The molecule has 2 nitrogen and oxygen atoms in total. The minimum Gasteiger partial charge on any atom is -0.491 e. The second kappa shape index (κ2) is 7.63. The lowest BCUT2D eigenvalue weighted by atomic mass is 10.0. The predicted octanol–water partition coefficient (Wildman–Crippen LogP) is 4.68. The maximum atomic E-state index is 12.1. The van der Waals surface area contributed by atoms with Crippen LogP contribution in [0.4, 0.5) is 0 Å². The van der Waals surface area contributed by atoms with Gasteiger partial charge in [-0.15, -0.1) is 0 Å². The molecule has 0 aromatic heterocycles. The summed E-state index contributed by atoms with van der Waals surface area (Å²) in [4.78, 5) is 12.1. The molecule has 0 amide bonds. The van der Waals surface area contributed by atoms with Crippen LogP contribution in [-0.2, 0) is 6.42 Å². The van der Waals surface area contributed by atoms with Crippen LogP contribution < -0.4 is 4.74 Å². The van der Waals surface area contributed by atoms with Gasteiger partial charge in [0.15, 0.2) is 5.78 Å². The van der Waals surface area contributed by atoms with Crippen molar-refractivity contribution in [2.45, 2.75) is 39.2 Å². The molecule has 0 fully saturated rings. The first kappa shape index (κ1) is 15.3. The molecule has 0 saturated carbocycles. The summed E-state index contributed by atoms with van der Waals surface area (Å²) in [5.41, 5.74) is 2.05. The molecule has 0 radical (unpaired) electrons. The molecule has 0 atom stereocenters. The number of benzene rings is 2. The topological polar surface area (TPSA) is 26.3 Å². The summed E-state index contributed by atoms with van der Waals surface area (Å²) >= 11 is 0. The van der Waals surface area contributed by atoms with Crippen LogP contribution in [0.2, 0.25) is 0 Å². The fourth-order valence-corrected chi connectivity index (χ4v) is 2.23. The lowest BCUT2D eigenvalue weighted by molar-refractivity contribution is 0.0980. The van der Waals surface area contributed by atoms with E-state index in [1.165, 1.54) is 5.56 Å². The summed E-state index contributed by atoms with van der Waals surface area (Å²) in [5.74, 6) is 1.01. The number of Topliss-reactive ketones (excluding diaryl/α,β-unsaturated/α-hetero) is 1. The molecule has 0 bridgehead atoms. The van der Waals surface area contributed by atoms with Crippen molar-refractivity contribution >= 4 is 5.78 Å². The average molecular weight is 282 g/mol. The molecule has 2 heteroatoms. The van der Waals surface area contributed by atoms with E-state index in [0.717, 1.165) is 24.2 Å². The van der Waals surface area contributed by atoms with Crippen molar-refractivity contribution in [3.63, 3.8) is 0 Å². The Bertz CT molecular complexity index is 556. The molecule has 110 valence electrons. The van der Waals surface area contributed by atoms with Crippen LogP contribution in [0.15, 0.2) is 54.6 Å². The second-order valence-corrected chi connectivity index (χ2v) is 5.45. The molecule has 0 saturated heterocycles. The van der Waals surface area contributed by atoms with E-state index < -0.39 is 0 Å². The summed E-state index contributed by atoms with van der Waals surface area (Å²) in [5, 5.41) is 0. The van der Waals surface area contributed by atoms with Gasteiger partial charge in [-0.3, -0.25) is 4.79 Å². The Morgan fingerprint density at radius 3 is 2.29 bits per heavy atom. The minimum absolute atomic E-state index is 0.150. The van der Waals surface area contributed by atoms with E-state index in [1.54, 1.807) is 0 Å². The van der Waals surface area contributed by atoms with Crippen LogP contribution in [0.25, 0.3) is 0 Å². The molecular weight excluding hydrogens is 260 g/mol. The van der Waals surface area contributed by atoms with Gasteiger partial charge in [-0.2, -0.15) is 0 Å². The molecule has 0 unspecified atom stereocenters. The van der Waals surface area contributed by atoms with E-state index in [4.69, 9.17) is 4.74 Å². The zero-order valence-electron chi connectivity index (χ0n) is 12.7. The third-order valence-corrected chi connectivity index (χ3v) is 3.26. The van der Waals surface area contributed by atoms with E-state index in [9.17, 15) is 4.79 Å². The van der Waals surface area contributed by atoms with Crippen LogP contribution in [0.1, 0.15) is 42.6 Å². The van der Waals surface area contributed by atoms with Crippen LogP contribution in [0.5, 0.6) is 5.75 Å². The number of carbonyl (C=O) groups excluding carboxylic acids is 1. The predicted molar refractivity (Wildman–Crippen MR) is 85.9 cm³/mol. The third kappa shape index (κ3) is 5.07. The smallest absolute Gasteiger partial charge is 0.162 e. The maximum absolute atomic E-state index is 12.1. The quantitative estimate of drug-likeness (QED) is 0.689. The van der Waals surface area contributed by atoms with Crippen molar-refractivity contribution in [2.75, 3.05) is 0 Å². The van der Waals surface area contributed by atoms with Crippen molar-refractivity contribution in [3.8, 4) is 5.75 Å². The van der Waals surface area contributed by atoms with Gasteiger partial charge >= 0.3 is 0 Å². The first-order valence-electron chi connectivity index (χ1n) is 7.49. The zero-order valence-corrected chi connectivity index (χ0v) is 12.7. The highest BCUT2D eigenvalue weighted by atomic mass is 16.5. The van der Waals surface area contributed by atoms with E-state index >= 15 is 0 Å². The van der Waals surface area contributed by atoms with Gasteiger partial charge < -0.3 is 4.74 Å². The molecule has 21 heavy (non-hydrogen) atoms. The molecule has 0 aliphatic rings. The van der Waals surface area contributed by atoms with Gasteiger partial charge in [0.2, 0.25) is 0 Å². The fourth-order valence-electron chi connectivity index (χ4n) is 2.23. The largest absolute Gasteiger partial charge is 0.491 e. The first-order chi connectivity index (χ1) is 10.1. The Kier molecular flexibility index (Phi) is 5.56. The second-order valence-electron chi connectivity index (χ2n) is 5.45. The van der Waals surface area contributed by atoms with Crippen molar-refractivity contribution < 1.29 is 9.53 Å². The van der Waals surface area contributed by atoms with Gasteiger partial charge in [0, 0.05) is 12.0 Å². The molecule has 2 aromatic rings. The van der Waals surface area contributed by atoms with Crippen LogP contribution in [0.3, 0.4) is 0 Å². The lowest BCUT2D eigenvalue weighted by Gasteiger charge is -2.09. The average Bonchev–Trinajstić information content (AvgIpc) is 2.48. The summed E-state index contributed by atoms with van der Waals surface area (Å²) in [6, 6.07) is 17.7. The molecule has 0 aliphatic heterocycles. The Labute approximate surface area is 126 Å². The van der Waals surface area contributed by atoms with E-state index in [1.807, 2.05) is 56.3 Å². The Balaban J connectivity index is 1.83. The molecule has 0 aliphatic carbocycles. The van der Waals surface area contributed by atoms with Gasteiger partial charge in [0.25, 0.3) is 0 Å². The van der Waals surface area contributed by atoms with Crippen LogP contribution in [0, 0.1) is 0 Å². The van der Waals surface area contributed by atoms with Gasteiger partial charge in [0.05, 0.1) is 6.10 Å². The highest BCUT2D eigenvalue weighted by molar-refractivity contribution is 5.96. The fraction of sp³-hybridized carbons (Fsp3) is 0.316. The monoisotopic (exact) mass is 282 g/mol. The normalized spacial score (nSPS) is 10.6. The van der Waals surface area contributed by atoms with Gasteiger partial charge in [-0.25, -0.2) is 0 Å². The number of ether oxygens (including phenoxy) is 1. The van der Waals surface area contributed by atoms with Gasteiger partial charge in [0.1, 0.15) is 5.75 Å². The molecule has 0 heterocycles. The van der Waals surface area contributed by atoms with E-state index in [0.29, 0.717) is 6.42 Å². The Morgan fingerprint density at radius 1 is 1.00 bits per heavy atom. The van der Waals surface area contributed by atoms with Gasteiger partial charge in [-0.1, -0.05) is 30.3 Å². The zero-order chi connectivity index (χ0) is 15.1. The maximum Gasteiger partial charge on any atom is 0.162 e. The number of hydrogen-bond acceptors (Lipinski definition) is 2. The number of rotatable bonds is 7. The molecule has 2 rings (SSSR count). The van der Waals surface area contributed by atoms with Gasteiger partial charge in [-0.05, 0) is 56.5 Å². The van der Waals surface area contributed by atoms with E-state index in [-0.39, 0.29) is 11.9 Å². The first-order valence-corrected chi connectivity index (χ1v) is 7.49. The standard InChI is InChI=1S/C19H22O2/c1-15(2)21-18-13-11-17(12-14-18)19(20)10-6-9-16-7-4-3-5-8-16/h3-5,7-8,11-15H,6,9-10H2,1-2H3. The highest BCUT2D eigenvalue weighted by Gasteiger charge is 2.06. The molecule has 0 spiro atoms. The molecule has 2 aromatic carbocycles. The summed E-state index contributed by atoms with van der Waals surface area (Å²) < 4.78 is 5.58. The number of aryl methyl sites for hydroxylation is 1. The molecular formula is C19H22O2. The third-order valence-electron chi connectivity index (χ3n) is 3.26. The van der Waals surface area contributed by atoms with Crippen molar-refractivity contribution in [3.05, 3.63) is 65.7 Å². The lowest BCUT2D eigenvalue weighted by Crippen LogP contribution is -2.06. The summed E-state index contributed by atoms with van der Waals surface area (Å²) in [6.07, 6.45) is 2.56. The Morgan fingerprint density at radius 2 is 1.67 bits per heavy atom. The van der Waals surface area contributed by atoms with E-state index in [2.05, 4.69) is 12.1 Å². The molecule has 0 N–H and O–H groups in total. The number of hydrogen-bond donors (Lipinski definition) is 0. The summed E-state index contributed by atoms with van der Waals surface area (Å²) in [6.45, 7) is 3.98. The Hall–Kier alpha value is -2.09. The summed E-state index contributed by atoms with van der Waals surface area (Å²) in [7, 11) is 0. The SMILES string of the molecule is CC(C)Oc1ccc(C(=O)CCCc2ccccc2)cc1. The van der Waals surface area contributed by atoms with Crippen molar-refractivity contribution in [1.82, 2.24) is 0 Å². The number of carbonyl (C=O) groups is 1. The van der Waals surface area contributed by atoms with Crippen LogP contribution in [-0.4, -0.2) is 11.9 Å². The van der Waals surface area contributed by atoms with Crippen molar-refractivity contribution in [1.29, 1.82) is 0 Å². The highest BCUT2D eigenvalue weighted by Crippen LogP contribution is 2.16. The van der Waals surface area contributed by atoms with Crippen molar-refractivity contribution in [2.24, 2.45) is 0 Å².